The highest BCUT2D eigenvalue weighted by atomic mass is 19.4. The highest BCUT2D eigenvalue weighted by Crippen LogP contribution is 2.27. The molecule has 2 aromatic rings. The molecule has 0 fully saturated rings. The predicted octanol–water partition coefficient (Wildman–Crippen LogP) is 3.15. The lowest BCUT2D eigenvalue weighted by Gasteiger charge is -2.18. The van der Waals surface area contributed by atoms with E-state index in [0.717, 1.165) is 0 Å². The molecule has 0 aliphatic rings. The lowest BCUT2D eigenvalue weighted by molar-refractivity contribution is -0.275. The zero-order valence-electron chi connectivity index (χ0n) is 11.8. The molecule has 0 aliphatic carbocycles. The molecule has 1 aromatic carbocycles. The molecule has 1 heterocycles. The predicted molar refractivity (Wildman–Crippen MR) is 70.2 cm³/mol. The minimum Gasteiger partial charge on any atom is -0.405 e. The normalized spacial score (nSPS) is 11.3. The fourth-order valence-corrected chi connectivity index (χ4v) is 1.84. The smallest absolute Gasteiger partial charge is 0.405 e. The lowest BCUT2D eigenvalue weighted by Crippen LogP contribution is -2.26. The molecule has 0 radical (unpaired) electrons. The van der Waals surface area contributed by atoms with Crippen molar-refractivity contribution in [2.45, 2.75) is 19.8 Å². The minimum atomic E-state index is -4.79. The van der Waals surface area contributed by atoms with Gasteiger partial charge >= 0.3 is 6.36 Å². The van der Waals surface area contributed by atoms with Gasteiger partial charge in [-0.15, -0.1) is 13.2 Å². The van der Waals surface area contributed by atoms with Gasteiger partial charge in [0.1, 0.15) is 5.75 Å². The number of rotatable bonds is 4. The number of hydrogen-bond donors (Lipinski definition) is 0. The van der Waals surface area contributed by atoms with E-state index < -0.39 is 12.3 Å². The first-order valence-corrected chi connectivity index (χ1v) is 6.28. The molecule has 0 bridgehead atoms. The molecule has 1 amide bonds. The zero-order valence-corrected chi connectivity index (χ0v) is 11.8. The summed E-state index contributed by atoms with van der Waals surface area (Å²) in [6, 6.07) is 7.09. The highest BCUT2D eigenvalue weighted by molar-refractivity contribution is 5.91. The first kappa shape index (κ1) is 15.9. The number of para-hydroxylation sites is 1. The molecule has 0 aliphatic heterocycles. The van der Waals surface area contributed by atoms with Crippen LogP contribution in [0.3, 0.4) is 0 Å². The summed E-state index contributed by atoms with van der Waals surface area (Å²) < 4.78 is 45.9. The van der Waals surface area contributed by atoms with E-state index >= 15 is 0 Å². The summed E-state index contributed by atoms with van der Waals surface area (Å²) in [4.78, 5) is 13.3. The van der Waals surface area contributed by atoms with Gasteiger partial charge < -0.3 is 14.2 Å². The molecule has 0 unspecified atom stereocenters. The largest absolute Gasteiger partial charge is 0.573 e. The van der Waals surface area contributed by atoms with E-state index in [4.69, 9.17) is 4.52 Å². The number of carbonyl (C=O) groups is 1. The monoisotopic (exact) mass is 314 g/mol. The number of nitrogens with zero attached hydrogens (tertiary/aromatic N) is 2. The summed E-state index contributed by atoms with van der Waals surface area (Å²) in [6.07, 6.45) is -4.79. The molecule has 2 rings (SSSR count). The van der Waals surface area contributed by atoms with E-state index in [1.165, 1.54) is 36.2 Å². The second kappa shape index (κ2) is 6.08. The molecular weight excluding hydrogens is 301 g/mol. The van der Waals surface area contributed by atoms with Gasteiger partial charge in [0.2, 0.25) is 5.76 Å². The summed E-state index contributed by atoms with van der Waals surface area (Å²) in [5, 5.41) is 3.60. The van der Waals surface area contributed by atoms with Crippen LogP contribution in [0.15, 0.2) is 34.9 Å². The number of alkyl halides is 3. The first-order chi connectivity index (χ1) is 10.3. The highest BCUT2D eigenvalue weighted by Gasteiger charge is 2.32. The van der Waals surface area contributed by atoms with Gasteiger partial charge in [-0.25, -0.2) is 0 Å². The summed E-state index contributed by atoms with van der Waals surface area (Å²) >= 11 is 0. The van der Waals surface area contributed by atoms with Crippen molar-refractivity contribution in [3.63, 3.8) is 0 Å². The topological polar surface area (TPSA) is 55.6 Å². The Bertz CT molecular complexity index is 667. The van der Waals surface area contributed by atoms with Gasteiger partial charge in [-0.3, -0.25) is 4.79 Å². The molecule has 0 spiro atoms. The summed E-state index contributed by atoms with van der Waals surface area (Å²) in [7, 11) is 1.45. The summed E-state index contributed by atoms with van der Waals surface area (Å²) in [5.41, 5.74) is 0.768. The molecule has 0 saturated carbocycles. The van der Waals surface area contributed by atoms with Gasteiger partial charge in [0.05, 0.1) is 5.69 Å². The van der Waals surface area contributed by atoms with E-state index in [2.05, 4.69) is 9.89 Å². The van der Waals surface area contributed by atoms with Gasteiger partial charge in [0, 0.05) is 25.2 Å². The van der Waals surface area contributed by atoms with Crippen LogP contribution in [0.4, 0.5) is 13.2 Å². The van der Waals surface area contributed by atoms with E-state index in [-0.39, 0.29) is 23.6 Å². The van der Waals surface area contributed by atoms with Gasteiger partial charge in [0.15, 0.2) is 0 Å². The average Bonchev–Trinajstić information content (AvgIpc) is 2.85. The van der Waals surface area contributed by atoms with Crippen LogP contribution in [0, 0.1) is 6.92 Å². The molecule has 0 saturated heterocycles. The Hall–Kier alpha value is -2.51. The van der Waals surface area contributed by atoms with Crippen molar-refractivity contribution in [3.05, 3.63) is 47.3 Å². The maximum absolute atomic E-state index is 12.4. The zero-order chi connectivity index (χ0) is 16.3. The van der Waals surface area contributed by atoms with Crippen molar-refractivity contribution < 1.29 is 27.2 Å². The molecule has 5 nitrogen and oxygen atoms in total. The van der Waals surface area contributed by atoms with Crippen LogP contribution < -0.4 is 4.74 Å². The summed E-state index contributed by atoms with van der Waals surface area (Å²) in [6.45, 7) is 1.59. The maximum Gasteiger partial charge on any atom is 0.573 e. The van der Waals surface area contributed by atoms with E-state index in [0.29, 0.717) is 5.69 Å². The number of aromatic nitrogens is 1. The third-order valence-corrected chi connectivity index (χ3v) is 2.79. The number of benzene rings is 1. The fraction of sp³-hybridized carbons (Fsp3) is 0.286. The Kier molecular flexibility index (Phi) is 4.39. The van der Waals surface area contributed by atoms with Gasteiger partial charge in [-0.05, 0) is 13.0 Å². The van der Waals surface area contributed by atoms with Crippen LogP contribution in [-0.2, 0) is 6.54 Å². The van der Waals surface area contributed by atoms with Crippen LogP contribution in [0.25, 0.3) is 0 Å². The number of aryl methyl sites for hydroxylation is 1. The van der Waals surface area contributed by atoms with Crippen molar-refractivity contribution in [2.24, 2.45) is 0 Å². The minimum absolute atomic E-state index is 0.0224. The van der Waals surface area contributed by atoms with Crippen molar-refractivity contribution in [1.82, 2.24) is 10.1 Å². The average molecular weight is 314 g/mol. The van der Waals surface area contributed by atoms with Gasteiger partial charge in [-0.2, -0.15) is 0 Å². The Morgan fingerprint density at radius 1 is 1.36 bits per heavy atom. The van der Waals surface area contributed by atoms with Crippen LogP contribution >= 0.6 is 0 Å². The number of halogens is 3. The van der Waals surface area contributed by atoms with Crippen LogP contribution in [0.5, 0.6) is 5.75 Å². The molecule has 0 atom stereocenters. The Morgan fingerprint density at radius 2 is 2.05 bits per heavy atom. The second-order valence-electron chi connectivity index (χ2n) is 4.65. The number of ether oxygens (including phenoxy) is 1. The van der Waals surface area contributed by atoms with Crippen molar-refractivity contribution in [3.8, 4) is 5.75 Å². The first-order valence-electron chi connectivity index (χ1n) is 6.28. The Balaban J connectivity index is 2.15. The standard InChI is InChI=1S/C14H13F3N2O3/c1-9-7-12(22-18-9)13(20)19(2)8-10-5-3-4-6-11(10)21-14(15,16)17/h3-7H,8H2,1-2H3. The van der Waals surface area contributed by atoms with Crippen molar-refractivity contribution >= 4 is 5.91 Å². The Labute approximate surface area is 124 Å². The fourth-order valence-electron chi connectivity index (χ4n) is 1.84. The van der Waals surface area contributed by atoms with Crippen LogP contribution in [0.1, 0.15) is 21.8 Å². The number of hydrogen-bond acceptors (Lipinski definition) is 4. The van der Waals surface area contributed by atoms with E-state index in [1.807, 2.05) is 0 Å². The van der Waals surface area contributed by atoms with Crippen LogP contribution in [-0.4, -0.2) is 29.4 Å². The van der Waals surface area contributed by atoms with Crippen molar-refractivity contribution in [1.29, 1.82) is 0 Å². The SMILES string of the molecule is Cc1cc(C(=O)N(C)Cc2ccccc2OC(F)(F)F)on1. The van der Waals surface area contributed by atoms with Gasteiger partial charge in [0.25, 0.3) is 5.91 Å². The summed E-state index contributed by atoms with van der Waals surface area (Å²) in [5.74, 6) is -0.806. The number of carbonyl (C=O) groups excluding carboxylic acids is 1. The molecule has 1 aromatic heterocycles. The lowest BCUT2D eigenvalue weighted by atomic mass is 10.2. The molecule has 8 heteroatoms. The third kappa shape index (κ3) is 4.00. The second-order valence-corrected chi connectivity index (χ2v) is 4.65. The third-order valence-electron chi connectivity index (χ3n) is 2.79. The quantitative estimate of drug-likeness (QED) is 0.870. The number of amides is 1. The van der Waals surface area contributed by atoms with E-state index in [1.54, 1.807) is 13.0 Å². The molecular formula is C14H13F3N2O3. The molecule has 0 N–H and O–H groups in total. The maximum atomic E-state index is 12.4. The Morgan fingerprint density at radius 3 is 2.64 bits per heavy atom. The van der Waals surface area contributed by atoms with Crippen LogP contribution in [0.2, 0.25) is 0 Å². The molecule has 118 valence electrons. The molecule has 22 heavy (non-hydrogen) atoms. The van der Waals surface area contributed by atoms with E-state index in [9.17, 15) is 18.0 Å². The van der Waals surface area contributed by atoms with Gasteiger partial charge in [-0.1, -0.05) is 23.4 Å². The van der Waals surface area contributed by atoms with Crippen molar-refractivity contribution in [2.75, 3.05) is 7.05 Å².